The Morgan fingerprint density at radius 3 is 2.77 bits per heavy atom. The van der Waals surface area contributed by atoms with Crippen molar-refractivity contribution in [3.63, 3.8) is 0 Å². The number of hydrogen-bond donors (Lipinski definition) is 1. The monoisotopic (exact) mass is 313 g/mol. The van der Waals surface area contributed by atoms with E-state index in [1.807, 2.05) is 0 Å². The second-order valence-corrected chi connectivity index (χ2v) is 4.76. The number of nitrogens with zero attached hydrogens (tertiary/aromatic N) is 3. The third kappa shape index (κ3) is 3.64. The van der Waals surface area contributed by atoms with Crippen LogP contribution in [0.5, 0.6) is 0 Å². The molecule has 0 fully saturated rings. The van der Waals surface area contributed by atoms with Crippen molar-refractivity contribution in [3.8, 4) is 5.69 Å². The van der Waals surface area contributed by atoms with E-state index in [0.717, 1.165) is 4.90 Å². The van der Waals surface area contributed by atoms with E-state index in [1.54, 1.807) is 41.5 Å². The van der Waals surface area contributed by atoms with E-state index in [2.05, 4.69) is 4.98 Å². The molecule has 118 valence electrons. The van der Waals surface area contributed by atoms with Gasteiger partial charge in [0.2, 0.25) is 0 Å². The number of rotatable bonds is 4. The number of aromatic nitrogens is 2. The summed E-state index contributed by atoms with van der Waals surface area (Å²) < 4.78 is 38.6. The molecule has 1 aromatic heterocycles. The van der Waals surface area contributed by atoms with Gasteiger partial charge in [-0.1, -0.05) is 6.07 Å². The summed E-state index contributed by atoms with van der Waals surface area (Å²) in [7, 11) is 1.21. The Morgan fingerprint density at radius 1 is 1.45 bits per heavy atom. The van der Waals surface area contributed by atoms with Gasteiger partial charge in [0, 0.05) is 30.7 Å². The van der Waals surface area contributed by atoms with Gasteiger partial charge in [-0.25, -0.2) is 4.98 Å². The van der Waals surface area contributed by atoms with Crippen LogP contribution in [0.15, 0.2) is 43.0 Å². The van der Waals surface area contributed by atoms with E-state index in [9.17, 15) is 18.0 Å². The molecule has 1 unspecified atom stereocenters. The quantitative estimate of drug-likeness (QED) is 0.937. The molecule has 0 radical (unpaired) electrons. The fraction of sp³-hybridized carbons (Fsp3) is 0.286. The van der Waals surface area contributed by atoms with Crippen molar-refractivity contribution in [2.45, 2.75) is 12.3 Å². The third-order valence-electron chi connectivity index (χ3n) is 3.07. The number of hydrogen-bond acceptors (Lipinski definition) is 3. The van der Waals surface area contributed by atoms with Crippen molar-refractivity contribution in [1.29, 1.82) is 0 Å². The first-order valence-corrected chi connectivity index (χ1v) is 6.37. The lowest BCUT2D eigenvalue weighted by atomic mass is 10.1. The predicted molar refractivity (Wildman–Crippen MR) is 72.6 cm³/mol. The van der Waals surface area contributed by atoms with E-state index in [1.165, 1.54) is 13.1 Å². The average molecular weight is 313 g/mol. The number of likely N-dealkylation sites (N-methyl/N-ethyl adjacent to an activating group) is 1. The summed E-state index contributed by atoms with van der Waals surface area (Å²) >= 11 is 0. The van der Waals surface area contributed by atoms with Gasteiger partial charge in [-0.05, 0) is 18.2 Å². The number of aliphatic hydroxyl groups excluding tert-OH is 1. The fourth-order valence-electron chi connectivity index (χ4n) is 1.88. The van der Waals surface area contributed by atoms with Crippen molar-refractivity contribution in [3.05, 3.63) is 48.5 Å². The Morgan fingerprint density at radius 2 is 2.18 bits per heavy atom. The van der Waals surface area contributed by atoms with Gasteiger partial charge in [0.1, 0.15) is 0 Å². The van der Waals surface area contributed by atoms with Crippen LogP contribution in [0.3, 0.4) is 0 Å². The number of benzene rings is 1. The SMILES string of the molecule is CN(CC(O)C(F)(F)F)C(=O)c1cccc(-n2ccnc2)c1. The molecule has 22 heavy (non-hydrogen) atoms. The molecule has 0 aliphatic heterocycles. The summed E-state index contributed by atoms with van der Waals surface area (Å²) in [5, 5.41) is 9.03. The lowest BCUT2D eigenvalue weighted by Crippen LogP contribution is -2.41. The van der Waals surface area contributed by atoms with Crippen LogP contribution in [0.1, 0.15) is 10.4 Å². The second-order valence-electron chi connectivity index (χ2n) is 4.76. The van der Waals surface area contributed by atoms with Crippen LogP contribution in [-0.4, -0.2) is 51.3 Å². The number of carbonyl (C=O) groups excluding carboxylic acids is 1. The highest BCUT2D eigenvalue weighted by Crippen LogP contribution is 2.21. The number of amides is 1. The smallest absolute Gasteiger partial charge is 0.382 e. The zero-order chi connectivity index (χ0) is 16.3. The minimum Gasteiger partial charge on any atom is -0.382 e. The van der Waals surface area contributed by atoms with Crippen molar-refractivity contribution in [2.24, 2.45) is 0 Å². The van der Waals surface area contributed by atoms with Crippen molar-refractivity contribution >= 4 is 5.91 Å². The van der Waals surface area contributed by atoms with Crippen LogP contribution in [0.25, 0.3) is 5.69 Å². The number of carbonyl (C=O) groups is 1. The number of alkyl halides is 3. The molecular formula is C14H14F3N3O2. The van der Waals surface area contributed by atoms with Crippen LogP contribution in [0.2, 0.25) is 0 Å². The van der Waals surface area contributed by atoms with Crippen molar-refractivity contribution in [1.82, 2.24) is 14.5 Å². The standard InChI is InChI=1S/C14H14F3N3O2/c1-19(8-12(21)14(15,16)17)13(22)10-3-2-4-11(7-10)20-6-5-18-9-20/h2-7,9,12,21H,8H2,1H3. The largest absolute Gasteiger partial charge is 0.416 e. The van der Waals surface area contributed by atoms with Gasteiger partial charge in [-0.15, -0.1) is 0 Å². The fourth-order valence-corrected chi connectivity index (χ4v) is 1.88. The summed E-state index contributed by atoms with van der Waals surface area (Å²) in [6.45, 7) is -0.822. The van der Waals surface area contributed by atoms with E-state index >= 15 is 0 Å². The Labute approximate surface area is 124 Å². The van der Waals surface area contributed by atoms with E-state index in [-0.39, 0.29) is 5.56 Å². The predicted octanol–water partition coefficient (Wildman–Crippen LogP) is 1.87. The van der Waals surface area contributed by atoms with Gasteiger partial charge in [0.25, 0.3) is 5.91 Å². The topological polar surface area (TPSA) is 58.4 Å². The Hall–Kier alpha value is -2.35. The molecule has 1 amide bonds. The molecule has 0 saturated carbocycles. The molecule has 8 heteroatoms. The normalized spacial score (nSPS) is 13.0. The lowest BCUT2D eigenvalue weighted by molar-refractivity contribution is -0.205. The molecule has 0 spiro atoms. The van der Waals surface area contributed by atoms with Crippen LogP contribution >= 0.6 is 0 Å². The minimum atomic E-state index is -4.76. The van der Waals surface area contributed by atoms with E-state index in [0.29, 0.717) is 5.69 Å². The minimum absolute atomic E-state index is 0.225. The van der Waals surface area contributed by atoms with Gasteiger partial charge in [0.05, 0.1) is 12.9 Å². The van der Waals surface area contributed by atoms with Crippen LogP contribution in [0.4, 0.5) is 13.2 Å². The molecule has 0 bridgehead atoms. The van der Waals surface area contributed by atoms with Crippen molar-refractivity contribution < 1.29 is 23.1 Å². The molecule has 1 heterocycles. The summed E-state index contributed by atoms with van der Waals surface area (Å²) in [5.74, 6) is -0.606. The maximum atomic E-state index is 12.3. The zero-order valence-corrected chi connectivity index (χ0v) is 11.7. The first-order chi connectivity index (χ1) is 10.3. The molecule has 1 aromatic carbocycles. The van der Waals surface area contributed by atoms with E-state index in [4.69, 9.17) is 5.11 Å². The second kappa shape index (κ2) is 6.18. The summed E-state index contributed by atoms with van der Waals surface area (Å²) in [5.41, 5.74) is 0.885. The maximum absolute atomic E-state index is 12.3. The number of aliphatic hydroxyl groups is 1. The van der Waals surface area contributed by atoms with Gasteiger partial charge in [0.15, 0.2) is 6.10 Å². The first kappa shape index (κ1) is 16.0. The highest BCUT2D eigenvalue weighted by atomic mass is 19.4. The van der Waals surface area contributed by atoms with Crippen LogP contribution < -0.4 is 0 Å². The first-order valence-electron chi connectivity index (χ1n) is 6.37. The summed E-state index contributed by atoms with van der Waals surface area (Å²) in [6, 6.07) is 6.40. The highest BCUT2D eigenvalue weighted by Gasteiger charge is 2.39. The third-order valence-corrected chi connectivity index (χ3v) is 3.07. The molecule has 1 atom stereocenters. The van der Waals surface area contributed by atoms with Gasteiger partial charge < -0.3 is 14.6 Å². The Kier molecular flexibility index (Phi) is 4.51. The van der Waals surface area contributed by atoms with Crippen molar-refractivity contribution in [2.75, 3.05) is 13.6 Å². The van der Waals surface area contributed by atoms with Gasteiger partial charge >= 0.3 is 6.18 Å². The molecule has 2 rings (SSSR count). The zero-order valence-electron chi connectivity index (χ0n) is 11.7. The van der Waals surface area contributed by atoms with Crippen LogP contribution in [-0.2, 0) is 0 Å². The number of imidazole rings is 1. The molecular weight excluding hydrogens is 299 g/mol. The van der Waals surface area contributed by atoms with Gasteiger partial charge in [-0.3, -0.25) is 4.79 Å². The molecule has 0 saturated heterocycles. The Balaban J connectivity index is 2.14. The molecule has 0 aliphatic rings. The average Bonchev–Trinajstić information content (AvgIpc) is 2.99. The molecule has 1 N–H and O–H groups in total. The molecule has 0 aliphatic carbocycles. The highest BCUT2D eigenvalue weighted by molar-refractivity contribution is 5.94. The molecule has 5 nitrogen and oxygen atoms in total. The summed E-state index contributed by atoms with van der Waals surface area (Å²) in [4.78, 5) is 16.9. The van der Waals surface area contributed by atoms with Gasteiger partial charge in [-0.2, -0.15) is 13.2 Å². The van der Waals surface area contributed by atoms with Crippen LogP contribution in [0, 0.1) is 0 Å². The summed E-state index contributed by atoms with van der Waals surface area (Å²) in [6.07, 6.45) is -2.53. The number of halogens is 3. The maximum Gasteiger partial charge on any atom is 0.416 e. The lowest BCUT2D eigenvalue weighted by Gasteiger charge is -2.22. The molecule has 2 aromatic rings. The Bertz CT molecular complexity index is 641. The van der Waals surface area contributed by atoms with E-state index < -0.39 is 24.7 Å².